The lowest BCUT2D eigenvalue weighted by atomic mass is 9.94. The summed E-state index contributed by atoms with van der Waals surface area (Å²) in [5.41, 5.74) is 2.15. The van der Waals surface area contributed by atoms with Crippen molar-refractivity contribution in [2.24, 2.45) is 0 Å². The van der Waals surface area contributed by atoms with Crippen LogP contribution in [0.1, 0.15) is 37.8 Å². The van der Waals surface area contributed by atoms with Gasteiger partial charge in [0, 0.05) is 29.8 Å². The number of para-hydroxylation sites is 1. The smallest absolute Gasteiger partial charge is 0.347 e. The molecule has 1 spiro atoms. The summed E-state index contributed by atoms with van der Waals surface area (Å²) < 4.78 is 56.1. The van der Waals surface area contributed by atoms with Crippen LogP contribution in [0.3, 0.4) is 0 Å². The summed E-state index contributed by atoms with van der Waals surface area (Å²) in [6.07, 6.45) is -4.56. The molecule has 0 saturated carbocycles. The van der Waals surface area contributed by atoms with Gasteiger partial charge in [-0.2, -0.15) is 13.2 Å². The summed E-state index contributed by atoms with van der Waals surface area (Å²) in [5, 5.41) is 8.64. The first-order valence-electron chi connectivity index (χ1n) is 11.1. The van der Waals surface area contributed by atoms with E-state index in [2.05, 4.69) is 4.72 Å². The van der Waals surface area contributed by atoms with E-state index in [-0.39, 0.29) is 25.2 Å². The molecule has 2 aliphatic heterocycles. The molecule has 5 nitrogen and oxygen atoms in total. The number of likely N-dealkylation sites (tertiary alicyclic amines) is 1. The van der Waals surface area contributed by atoms with E-state index >= 15 is 0 Å². The van der Waals surface area contributed by atoms with Gasteiger partial charge >= 0.3 is 6.18 Å². The Bertz CT molecular complexity index is 931. The summed E-state index contributed by atoms with van der Waals surface area (Å²) in [6.45, 7) is 6.62. The van der Waals surface area contributed by atoms with E-state index in [1.165, 1.54) is 11.9 Å². The molecule has 9 heteroatoms. The Morgan fingerprint density at radius 3 is 2.36 bits per heavy atom. The average molecular weight is 482 g/mol. The number of ether oxygens (including phenoxy) is 2. The van der Waals surface area contributed by atoms with Gasteiger partial charge in [0.1, 0.15) is 11.9 Å². The van der Waals surface area contributed by atoms with Gasteiger partial charge in [0.2, 0.25) is 0 Å². The summed E-state index contributed by atoms with van der Waals surface area (Å²) in [7, 11) is 0. The van der Waals surface area contributed by atoms with E-state index in [1.54, 1.807) is 24.3 Å². The number of hydrogen-bond donors (Lipinski definition) is 2. The number of hydrogen-bond acceptors (Lipinski definition) is 5. The van der Waals surface area contributed by atoms with Crippen LogP contribution >= 0.6 is 11.9 Å². The Morgan fingerprint density at radius 1 is 1.09 bits per heavy atom. The van der Waals surface area contributed by atoms with E-state index in [4.69, 9.17) is 14.9 Å². The van der Waals surface area contributed by atoms with Crippen molar-refractivity contribution in [1.29, 1.82) is 5.41 Å². The number of benzene rings is 2. The Kier molecular flexibility index (Phi) is 8.31. The maximum Gasteiger partial charge on any atom is 0.408 e. The van der Waals surface area contributed by atoms with Gasteiger partial charge in [-0.1, -0.05) is 43.7 Å². The maximum atomic E-state index is 13.9. The van der Waals surface area contributed by atoms with Crippen molar-refractivity contribution in [3.05, 3.63) is 59.7 Å². The second kappa shape index (κ2) is 10.8. The van der Waals surface area contributed by atoms with Crippen LogP contribution in [0.15, 0.2) is 53.4 Å². The van der Waals surface area contributed by atoms with Crippen molar-refractivity contribution in [3.8, 4) is 0 Å². The number of anilines is 1. The van der Waals surface area contributed by atoms with E-state index in [0.717, 1.165) is 15.4 Å². The Balaban J connectivity index is 0.00000149. The zero-order valence-electron chi connectivity index (χ0n) is 19.0. The molecule has 2 heterocycles. The predicted molar refractivity (Wildman–Crippen MR) is 126 cm³/mol. The van der Waals surface area contributed by atoms with Gasteiger partial charge < -0.3 is 19.1 Å². The minimum Gasteiger partial charge on any atom is -0.347 e. The molecule has 180 valence electrons. The summed E-state index contributed by atoms with van der Waals surface area (Å²) in [5.74, 6) is -1.36. The largest absolute Gasteiger partial charge is 0.408 e. The topological polar surface area (TPSA) is 57.6 Å². The molecule has 2 N–H and O–H groups in total. The Morgan fingerprint density at radius 2 is 1.73 bits per heavy atom. The van der Waals surface area contributed by atoms with Crippen molar-refractivity contribution >= 4 is 23.5 Å². The highest BCUT2D eigenvalue weighted by atomic mass is 32.2. The van der Waals surface area contributed by atoms with Crippen LogP contribution in [0.25, 0.3) is 0 Å². The molecule has 2 aromatic rings. The summed E-state index contributed by atoms with van der Waals surface area (Å²) >= 11 is 1.35. The van der Waals surface area contributed by atoms with Crippen molar-refractivity contribution in [2.75, 3.05) is 24.5 Å². The van der Waals surface area contributed by atoms with E-state index in [1.807, 2.05) is 45.0 Å². The fraction of sp³-hybridized carbons (Fsp3) is 0.458. The SMILES string of the molecule is CC.Cc1ccc(SNc2ccccc2C(=N)N2CCC3(CC2C(F)(F)F)OCCO3)cc1. The molecular formula is C24H30F3N3O2S. The van der Waals surface area contributed by atoms with Crippen LogP contribution < -0.4 is 4.72 Å². The van der Waals surface area contributed by atoms with Crippen LogP contribution in [0.5, 0.6) is 0 Å². The molecular weight excluding hydrogens is 451 g/mol. The molecule has 0 amide bonds. The lowest BCUT2D eigenvalue weighted by Crippen LogP contribution is -2.58. The first kappa shape index (κ1) is 25.4. The number of aryl methyl sites for hydroxylation is 1. The van der Waals surface area contributed by atoms with Crippen molar-refractivity contribution in [1.82, 2.24) is 4.90 Å². The highest BCUT2D eigenvalue weighted by Gasteiger charge is 2.54. The van der Waals surface area contributed by atoms with Gasteiger partial charge in [0.05, 0.1) is 18.9 Å². The maximum absolute atomic E-state index is 13.9. The Hall–Kier alpha value is -2.23. The molecule has 2 aliphatic rings. The third-order valence-corrected chi connectivity index (χ3v) is 6.40. The molecule has 0 bridgehead atoms. The monoisotopic (exact) mass is 481 g/mol. The first-order chi connectivity index (χ1) is 15.8. The molecule has 2 saturated heterocycles. The van der Waals surface area contributed by atoms with Gasteiger partial charge in [-0.15, -0.1) is 0 Å². The van der Waals surface area contributed by atoms with Crippen molar-refractivity contribution in [2.45, 2.75) is 56.5 Å². The minimum absolute atomic E-state index is 0.0302. The number of nitrogens with zero attached hydrogens (tertiary/aromatic N) is 1. The second-order valence-corrected chi connectivity index (χ2v) is 8.60. The van der Waals surface area contributed by atoms with Gasteiger partial charge in [-0.25, -0.2) is 0 Å². The lowest BCUT2D eigenvalue weighted by molar-refractivity contribution is -0.244. The van der Waals surface area contributed by atoms with E-state index in [9.17, 15) is 13.2 Å². The van der Waals surface area contributed by atoms with Crippen LogP contribution in [0.4, 0.5) is 18.9 Å². The number of alkyl halides is 3. The zero-order chi connectivity index (χ0) is 24.1. The highest BCUT2D eigenvalue weighted by molar-refractivity contribution is 8.00. The Labute approximate surface area is 197 Å². The molecule has 2 aromatic carbocycles. The standard InChI is InChI=1S/C22H24F3N3O2S.C2H6/c1-15-6-8-16(9-7-15)31-27-18-5-3-2-4-17(18)20(26)28-11-10-21(29-12-13-30-21)14-19(28)22(23,24)25;1-2/h2-9,19,26-27H,10-14H2,1H3;1-2H3. The number of nitrogens with one attached hydrogen (secondary N) is 2. The summed E-state index contributed by atoms with van der Waals surface area (Å²) in [6, 6.07) is 13.0. The first-order valence-corrected chi connectivity index (χ1v) is 11.9. The molecule has 0 aromatic heterocycles. The van der Waals surface area contributed by atoms with E-state index in [0.29, 0.717) is 24.5 Å². The molecule has 1 atom stereocenters. The molecule has 4 rings (SSSR count). The zero-order valence-corrected chi connectivity index (χ0v) is 19.9. The van der Waals surface area contributed by atoms with Gasteiger partial charge in [-0.05, 0) is 43.1 Å². The number of amidine groups is 1. The van der Waals surface area contributed by atoms with Gasteiger partial charge in [-0.3, -0.25) is 5.41 Å². The fourth-order valence-corrected chi connectivity index (χ4v) is 4.60. The average Bonchev–Trinajstić information content (AvgIpc) is 3.27. The number of piperidine rings is 1. The number of halogens is 3. The molecule has 1 unspecified atom stereocenters. The van der Waals surface area contributed by atoms with Crippen LogP contribution in [-0.4, -0.2) is 48.5 Å². The predicted octanol–water partition coefficient (Wildman–Crippen LogP) is 6.24. The highest BCUT2D eigenvalue weighted by Crippen LogP contribution is 2.41. The minimum atomic E-state index is -4.51. The van der Waals surface area contributed by atoms with Crippen LogP contribution in [0.2, 0.25) is 0 Å². The molecule has 0 radical (unpaired) electrons. The molecule has 0 aliphatic carbocycles. The second-order valence-electron chi connectivity index (χ2n) is 7.72. The van der Waals surface area contributed by atoms with Gasteiger partial charge in [0.25, 0.3) is 0 Å². The third-order valence-electron chi connectivity index (χ3n) is 5.57. The molecule has 33 heavy (non-hydrogen) atoms. The third kappa shape index (κ3) is 6.02. The van der Waals surface area contributed by atoms with Crippen molar-refractivity contribution in [3.63, 3.8) is 0 Å². The van der Waals surface area contributed by atoms with Gasteiger partial charge in [0.15, 0.2) is 5.79 Å². The van der Waals surface area contributed by atoms with Crippen LogP contribution in [0, 0.1) is 12.3 Å². The quantitative estimate of drug-likeness (QED) is 0.308. The number of rotatable bonds is 4. The fourth-order valence-electron chi connectivity index (χ4n) is 3.93. The lowest BCUT2D eigenvalue weighted by Gasteiger charge is -2.45. The van der Waals surface area contributed by atoms with E-state index < -0.39 is 18.0 Å². The normalized spacial score (nSPS) is 19.7. The van der Waals surface area contributed by atoms with Crippen LogP contribution in [-0.2, 0) is 9.47 Å². The molecule has 2 fully saturated rings. The van der Waals surface area contributed by atoms with Crippen molar-refractivity contribution < 1.29 is 22.6 Å². The summed E-state index contributed by atoms with van der Waals surface area (Å²) in [4.78, 5) is 2.09.